The van der Waals surface area contributed by atoms with E-state index in [-0.39, 0.29) is 6.61 Å². The van der Waals surface area contributed by atoms with Crippen molar-refractivity contribution < 1.29 is 19.1 Å². The third kappa shape index (κ3) is 6.97. The minimum absolute atomic E-state index is 0.103. The highest BCUT2D eigenvalue weighted by Crippen LogP contribution is 2.31. The molecule has 3 aromatic rings. The minimum Gasteiger partial charge on any atom is -0.447 e. The van der Waals surface area contributed by atoms with Crippen LogP contribution in [0.15, 0.2) is 96.1 Å². The lowest BCUT2D eigenvalue weighted by Gasteiger charge is -2.28. The maximum absolute atomic E-state index is 13.8. The topological polar surface area (TPSA) is 105 Å². The number of carbonyl (C=O) groups excluding carboxylic acids is 2. The Morgan fingerprint density at radius 1 is 1.00 bits per heavy atom. The molecule has 1 aliphatic rings. The lowest BCUT2D eigenvalue weighted by Crippen LogP contribution is -2.46. The van der Waals surface area contributed by atoms with Crippen molar-refractivity contribution in [2.75, 3.05) is 13.2 Å². The molecule has 8 heteroatoms. The van der Waals surface area contributed by atoms with E-state index in [9.17, 15) is 15.1 Å². The standard InChI is InChI=1S/C29H30N4O4/c30-32-31-27(28(34)33-25(21-37-29(33)35)19-22-11-4-1-5-12-22)26(24-15-8-3-9-16-24)17-10-18-36-20-23-13-6-2-7-14-23/h1-9,11-16,25-27H,10,17-21H2/t25-,26+,27-/m0/s1. The van der Waals surface area contributed by atoms with Crippen molar-refractivity contribution in [2.24, 2.45) is 5.11 Å². The largest absolute Gasteiger partial charge is 0.447 e. The average molecular weight is 499 g/mol. The van der Waals surface area contributed by atoms with E-state index in [0.717, 1.165) is 21.6 Å². The van der Waals surface area contributed by atoms with Crippen LogP contribution in [0.3, 0.4) is 0 Å². The summed E-state index contributed by atoms with van der Waals surface area (Å²) in [5, 5.41) is 3.91. The number of benzene rings is 3. The van der Waals surface area contributed by atoms with Crippen LogP contribution < -0.4 is 0 Å². The molecule has 0 N–H and O–H groups in total. The molecule has 37 heavy (non-hydrogen) atoms. The quantitative estimate of drug-likeness (QED) is 0.131. The number of cyclic esters (lactones) is 1. The van der Waals surface area contributed by atoms with Crippen LogP contribution in [0, 0.1) is 0 Å². The first-order valence-electron chi connectivity index (χ1n) is 12.4. The Hall–Kier alpha value is -4.13. The molecule has 1 fully saturated rings. The lowest BCUT2D eigenvalue weighted by molar-refractivity contribution is -0.131. The minimum atomic E-state index is -1.09. The van der Waals surface area contributed by atoms with E-state index in [1.807, 2.05) is 91.0 Å². The van der Waals surface area contributed by atoms with Crippen LogP contribution in [-0.2, 0) is 27.3 Å². The molecule has 0 spiro atoms. The summed E-state index contributed by atoms with van der Waals surface area (Å²) in [6.07, 6.45) is 0.946. The summed E-state index contributed by atoms with van der Waals surface area (Å²) < 4.78 is 11.1. The second kappa shape index (κ2) is 13.3. The summed E-state index contributed by atoms with van der Waals surface area (Å²) in [6.45, 7) is 1.08. The van der Waals surface area contributed by atoms with Crippen molar-refractivity contribution in [1.29, 1.82) is 0 Å². The van der Waals surface area contributed by atoms with Gasteiger partial charge in [-0.05, 0) is 41.5 Å². The van der Waals surface area contributed by atoms with Gasteiger partial charge in [0.25, 0.3) is 0 Å². The fourth-order valence-corrected chi connectivity index (χ4v) is 4.64. The van der Waals surface area contributed by atoms with E-state index in [4.69, 9.17) is 9.47 Å². The Balaban J connectivity index is 1.49. The Bertz CT molecular complexity index is 1200. The van der Waals surface area contributed by atoms with Crippen molar-refractivity contribution in [2.45, 2.75) is 43.9 Å². The molecule has 0 radical (unpaired) electrons. The van der Waals surface area contributed by atoms with Gasteiger partial charge in [0, 0.05) is 17.4 Å². The number of ether oxygens (including phenoxy) is 2. The molecular formula is C29H30N4O4. The molecule has 2 amide bonds. The Morgan fingerprint density at radius 3 is 2.27 bits per heavy atom. The molecular weight excluding hydrogens is 468 g/mol. The first kappa shape index (κ1) is 25.9. The smallest absolute Gasteiger partial charge is 0.416 e. The van der Waals surface area contributed by atoms with Crippen molar-refractivity contribution in [3.63, 3.8) is 0 Å². The predicted molar refractivity (Wildman–Crippen MR) is 140 cm³/mol. The molecule has 3 aromatic carbocycles. The van der Waals surface area contributed by atoms with Crippen LogP contribution in [-0.4, -0.2) is 42.2 Å². The number of rotatable bonds is 12. The Kier molecular flexibility index (Phi) is 9.29. The van der Waals surface area contributed by atoms with Crippen LogP contribution in [0.4, 0.5) is 4.79 Å². The van der Waals surface area contributed by atoms with Crippen molar-refractivity contribution in [1.82, 2.24) is 4.90 Å². The van der Waals surface area contributed by atoms with Gasteiger partial charge in [0.15, 0.2) is 0 Å². The fourth-order valence-electron chi connectivity index (χ4n) is 4.64. The van der Waals surface area contributed by atoms with Gasteiger partial charge in [0.1, 0.15) is 12.6 Å². The highest BCUT2D eigenvalue weighted by molar-refractivity contribution is 5.97. The van der Waals surface area contributed by atoms with Crippen molar-refractivity contribution in [3.05, 3.63) is 118 Å². The highest BCUT2D eigenvalue weighted by atomic mass is 16.6. The van der Waals surface area contributed by atoms with Gasteiger partial charge in [-0.25, -0.2) is 9.69 Å². The number of imide groups is 1. The van der Waals surface area contributed by atoms with Gasteiger partial charge in [-0.3, -0.25) is 4.79 Å². The van der Waals surface area contributed by atoms with E-state index in [2.05, 4.69) is 10.0 Å². The van der Waals surface area contributed by atoms with Gasteiger partial charge in [0.05, 0.1) is 12.6 Å². The number of hydrogen-bond donors (Lipinski definition) is 0. The van der Waals surface area contributed by atoms with Crippen LogP contribution in [0.1, 0.15) is 35.4 Å². The molecule has 190 valence electrons. The number of azide groups is 1. The van der Waals surface area contributed by atoms with Gasteiger partial charge < -0.3 is 9.47 Å². The second-order valence-electron chi connectivity index (χ2n) is 8.98. The molecule has 4 rings (SSSR count). The zero-order valence-corrected chi connectivity index (χ0v) is 20.6. The second-order valence-corrected chi connectivity index (χ2v) is 8.98. The van der Waals surface area contributed by atoms with Crippen molar-refractivity contribution in [3.8, 4) is 0 Å². The highest BCUT2D eigenvalue weighted by Gasteiger charge is 2.43. The molecule has 1 aliphatic heterocycles. The first-order valence-corrected chi connectivity index (χ1v) is 12.4. The Labute approximate surface area is 216 Å². The lowest BCUT2D eigenvalue weighted by atomic mass is 9.86. The molecule has 0 aromatic heterocycles. The molecule has 0 unspecified atom stereocenters. The fraction of sp³-hybridized carbons (Fsp3) is 0.310. The van der Waals surface area contributed by atoms with E-state index >= 15 is 0 Å². The number of amides is 2. The molecule has 0 bridgehead atoms. The van der Waals surface area contributed by atoms with Gasteiger partial charge in [-0.15, -0.1) is 0 Å². The summed E-state index contributed by atoms with van der Waals surface area (Å²) in [6, 6.07) is 27.4. The summed E-state index contributed by atoms with van der Waals surface area (Å²) >= 11 is 0. The van der Waals surface area contributed by atoms with Gasteiger partial charge in [-0.2, -0.15) is 0 Å². The monoisotopic (exact) mass is 498 g/mol. The summed E-state index contributed by atoms with van der Waals surface area (Å²) in [5.74, 6) is -0.962. The van der Waals surface area contributed by atoms with E-state index in [1.165, 1.54) is 0 Å². The summed E-state index contributed by atoms with van der Waals surface area (Å²) in [7, 11) is 0. The van der Waals surface area contributed by atoms with Gasteiger partial charge >= 0.3 is 6.09 Å². The maximum Gasteiger partial charge on any atom is 0.416 e. The molecule has 1 saturated heterocycles. The predicted octanol–water partition coefficient (Wildman–Crippen LogP) is 6.04. The Morgan fingerprint density at radius 2 is 1.62 bits per heavy atom. The third-order valence-electron chi connectivity index (χ3n) is 6.47. The summed E-state index contributed by atoms with van der Waals surface area (Å²) in [5.41, 5.74) is 12.3. The summed E-state index contributed by atoms with van der Waals surface area (Å²) in [4.78, 5) is 30.5. The third-order valence-corrected chi connectivity index (χ3v) is 6.47. The first-order chi connectivity index (χ1) is 18.2. The number of carbonyl (C=O) groups is 2. The van der Waals surface area contributed by atoms with E-state index in [0.29, 0.717) is 32.5 Å². The normalized spacial score (nSPS) is 16.5. The van der Waals surface area contributed by atoms with Crippen LogP contribution in [0.5, 0.6) is 0 Å². The van der Waals surface area contributed by atoms with E-state index in [1.54, 1.807) is 0 Å². The molecule has 1 heterocycles. The van der Waals surface area contributed by atoms with E-state index < -0.39 is 30.0 Å². The molecule has 3 atom stereocenters. The molecule has 0 aliphatic carbocycles. The molecule has 0 saturated carbocycles. The zero-order chi connectivity index (χ0) is 25.9. The average Bonchev–Trinajstić information content (AvgIpc) is 3.30. The van der Waals surface area contributed by atoms with Crippen molar-refractivity contribution >= 4 is 12.0 Å². The van der Waals surface area contributed by atoms with Gasteiger partial charge in [-0.1, -0.05) is 96.1 Å². The van der Waals surface area contributed by atoms with Crippen LogP contribution in [0.25, 0.3) is 10.4 Å². The van der Waals surface area contributed by atoms with Crippen LogP contribution >= 0.6 is 0 Å². The number of hydrogen-bond acceptors (Lipinski definition) is 5. The zero-order valence-electron chi connectivity index (χ0n) is 20.6. The SMILES string of the molecule is [N-]=[N+]=N[C@H](C(=O)N1C(=O)OC[C@@H]1Cc1ccccc1)[C@H](CCCOCc1ccccc1)c1ccccc1. The number of nitrogens with zero attached hydrogens (tertiary/aromatic N) is 4. The molecule has 8 nitrogen and oxygen atoms in total. The van der Waals surface area contributed by atoms with Crippen LogP contribution in [0.2, 0.25) is 0 Å². The van der Waals surface area contributed by atoms with Gasteiger partial charge in [0.2, 0.25) is 5.91 Å². The maximum atomic E-state index is 13.8.